The van der Waals surface area contributed by atoms with Crippen LogP contribution in [0.1, 0.15) is 75.0 Å². The zero-order valence-corrected chi connectivity index (χ0v) is 18.3. The number of aryl methyl sites for hydroxylation is 1. The average molecular weight is 439 g/mol. The lowest BCUT2D eigenvalue weighted by atomic mass is 9.77. The largest absolute Gasteiger partial charge is 0.491 e. The lowest BCUT2D eigenvalue weighted by Gasteiger charge is -2.28. The molecule has 31 heavy (non-hydrogen) atoms. The summed E-state index contributed by atoms with van der Waals surface area (Å²) in [5.74, 6) is -2.39. The number of hydrogen-bond donors (Lipinski definition) is 0. The van der Waals surface area contributed by atoms with Crippen molar-refractivity contribution in [2.24, 2.45) is 5.92 Å². The molecule has 0 aliphatic heterocycles. The Morgan fingerprint density at radius 3 is 2.19 bits per heavy atom. The van der Waals surface area contributed by atoms with Gasteiger partial charge in [-0.2, -0.15) is 13.2 Å². The molecule has 0 spiro atoms. The van der Waals surface area contributed by atoms with E-state index in [1.165, 1.54) is 44.7 Å². The van der Waals surface area contributed by atoms with Crippen LogP contribution in [0, 0.1) is 24.5 Å². The number of ether oxygens (including phenoxy) is 2. The molecule has 1 aliphatic rings. The summed E-state index contributed by atoms with van der Waals surface area (Å²) in [6.45, 7) is 5.17. The molecule has 0 amide bonds. The Hall–Kier alpha value is -2.24. The van der Waals surface area contributed by atoms with E-state index in [-0.39, 0.29) is 17.9 Å². The van der Waals surface area contributed by atoms with E-state index in [1.54, 1.807) is 19.1 Å². The number of hydrogen-bond acceptors (Lipinski definition) is 2. The van der Waals surface area contributed by atoms with Gasteiger partial charge in [-0.05, 0) is 80.7 Å². The Kier molecular flexibility index (Phi) is 7.50. The second kappa shape index (κ2) is 9.92. The predicted octanol–water partition coefficient (Wildman–Crippen LogP) is 7.87. The first-order chi connectivity index (χ1) is 14.8. The highest BCUT2D eigenvalue weighted by Crippen LogP contribution is 2.40. The minimum atomic E-state index is -4.03. The molecular weight excluding hydrogens is 408 g/mol. The third kappa shape index (κ3) is 5.34. The molecule has 3 rings (SSSR count). The highest BCUT2D eigenvalue weighted by Gasteiger charge is 2.41. The third-order valence-corrected chi connectivity index (χ3v) is 6.10. The predicted molar refractivity (Wildman–Crippen MR) is 113 cm³/mol. The second-order valence-electron chi connectivity index (χ2n) is 8.32. The normalized spacial score (nSPS) is 19.3. The lowest BCUT2D eigenvalue weighted by Crippen LogP contribution is -2.25. The van der Waals surface area contributed by atoms with Crippen molar-refractivity contribution in [3.05, 3.63) is 58.7 Å². The zero-order valence-electron chi connectivity index (χ0n) is 18.3. The molecule has 0 radical (unpaired) electrons. The Balaban J connectivity index is 1.73. The topological polar surface area (TPSA) is 18.5 Å². The maximum absolute atomic E-state index is 14.8. The van der Waals surface area contributed by atoms with Crippen LogP contribution in [0.15, 0.2) is 30.3 Å². The molecule has 170 valence electrons. The third-order valence-electron chi connectivity index (χ3n) is 6.10. The van der Waals surface area contributed by atoms with E-state index >= 15 is 0 Å². The van der Waals surface area contributed by atoms with Gasteiger partial charge >= 0.3 is 6.11 Å². The average Bonchev–Trinajstić information content (AvgIpc) is 2.73. The van der Waals surface area contributed by atoms with E-state index in [4.69, 9.17) is 9.47 Å². The van der Waals surface area contributed by atoms with Crippen molar-refractivity contribution >= 4 is 0 Å². The van der Waals surface area contributed by atoms with E-state index in [1.807, 2.05) is 0 Å². The Morgan fingerprint density at radius 2 is 1.61 bits per heavy atom. The van der Waals surface area contributed by atoms with Crippen molar-refractivity contribution in [2.75, 3.05) is 6.61 Å². The van der Waals surface area contributed by atoms with Crippen LogP contribution in [-0.2, 0) is 6.11 Å². The van der Waals surface area contributed by atoms with Gasteiger partial charge < -0.3 is 9.47 Å². The van der Waals surface area contributed by atoms with Crippen LogP contribution in [0.5, 0.6) is 11.5 Å². The van der Waals surface area contributed by atoms with Crippen LogP contribution >= 0.6 is 0 Å². The molecule has 0 N–H and O–H groups in total. The standard InChI is InChI=1S/C25H30F4O2/c1-4-6-17-7-9-18(10-8-17)19-11-13-20(14-12-19)31-25(28,29)22-16(3)15-21(30-5-2)23(26)24(22)27/h11-15,17-18H,4-10H2,1-3H3. The molecule has 0 heterocycles. The van der Waals surface area contributed by atoms with Gasteiger partial charge in [0.15, 0.2) is 11.6 Å². The van der Waals surface area contributed by atoms with Gasteiger partial charge in [-0.1, -0.05) is 31.9 Å². The van der Waals surface area contributed by atoms with Gasteiger partial charge in [-0.3, -0.25) is 0 Å². The Labute approximate surface area is 181 Å². The van der Waals surface area contributed by atoms with Crippen LogP contribution in [0.25, 0.3) is 0 Å². The van der Waals surface area contributed by atoms with Crippen molar-refractivity contribution in [1.82, 2.24) is 0 Å². The molecule has 0 saturated heterocycles. The van der Waals surface area contributed by atoms with E-state index in [9.17, 15) is 17.6 Å². The lowest BCUT2D eigenvalue weighted by molar-refractivity contribution is -0.188. The summed E-state index contributed by atoms with van der Waals surface area (Å²) in [6.07, 6.45) is 3.01. The smallest absolute Gasteiger partial charge is 0.429 e. The van der Waals surface area contributed by atoms with Gasteiger partial charge in [-0.25, -0.2) is 4.39 Å². The SMILES string of the molecule is CCCC1CCC(c2ccc(OC(F)(F)c3c(C)cc(OCC)c(F)c3F)cc2)CC1. The molecule has 0 unspecified atom stereocenters. The van der Waals surface area contributed by atoms with E-state index in [0.29, 0.717) is 5.92 Å². The molecule has 1 fully saturated rings. The molecule has 0 atom stereocenters. The van der Waals surface area contributed by atoms with Gasteiger partial charge in [0.25, 0.3) is 0 Å². The van der Waals surface area contributed by atoms with E-state index in [0.717, 1.165) is 30.4 Å². The van der Waals surface area contributed by atoms with Crippen LogP contribution in [0.4, 0.5) is 17.6 Å². The summed E-state index contributed by atoms with van der Waals surface area (Å²) in [5.41, 5.74) is -0.167. The minimum Gasteiger partial charge on any atom is -0.491 e. The van der Waals surface area contributed by atoms with Gasteiger partial charge in [0, 0.05) is 0 Å². The van der Waals surface area contributed by atoms with Crippen LogP contribution in [0.3, 0.4) is 0 Å². The van der Waals surface area contributed by atoms with Crippen LogP contribution in [0.2, 0.25) is 0 Å². The van der Waals surface area contributed by atoms with Crippen molar-refractivity contribution in [3.63, 3.8) is 0 Å². The molecule has 2 aromatic rings. The van der Waals surface area contributed by atoms with Crippen LogP contribution < -0.4 is 9.47 Å². The van der Waals surface area contributed by atoms with Crippen molar-refractivity contribution in [3.8, 4) is 11.5 Å². The quantitative estimate of drug-likeness (QED) is 0.390. The van der Waals surface area contributed by atoms with Crippen LogP contribution in [-0.4, -0.2) is 6.61 Å². The summed E-state index contributed by atoms with van der Waals surface area (Å²) in [7, 11) is 0. The fraction of sp³-hybridized carbons (Fsp3) is 0.520. The molecule has 2 nitrogen and oxygen atoms in total. The Bertz CT molecular complexity index is 872. The number of halogens is 4. The first kappa shape index (κ1) is 23.4. The highest BCUT2D eigenvalue weighted by atomic mass is 19.3. The molecular formula is C25H30F4O2. The molecule has 2 aromatic carbocycles. The van der Waals surface area contributed by atoms with Gasteiger partial charge in [0.05, 0.1) is 6.61 Å². The molecule has 0 aromatic heterocycles. The van der Waals surface area contributed by atoms with Gasteiger partial charge in [0.1, 0.15) is 11.3 Å². The zero-order chi connectivity index (χ0) is 22.6. The van der Waals surface area contributed by atoms with Crippen molar-refractivity contribution in [2.45, 2.75) is 71.3 Å². The van der Waals surface area contributed by atoms with Gasteiger partial charge in [0.2, 0.25) is 5.82 Å². The van der Waals surface area contributed by atoms with Crippen molar-refractivity contribution in [1.29, 1.82) is 0 Å². The van der Waals surface area contributed by atoms with E-state index < -0.39 is 29.1 Å². The Morgan fingerprint density at radius 1 is 0.968 bits per heavy atom. The fourth-order valence-corrected chi connectivity index (χ4v) is 4.54. The monoisotopic (exact) mass is 438 g/mol. The highest BCUT2D eigenvalue weighted by molar-refractivity contribution is 5.40. The summed E-state index contributed by atoms with van der Waals surface area (Å²) < 4.78 is 67.9. The fourth-order valence-electron chi connectivity index (χ4n) is 4.54. The van der Waals surface area contributed by atoms with E-state index in [2.05, 4.69) is 6.92 Å². The number of rotatable bonds is 8. The van der Waals surface area contributed by atoms with Gasteiger partial charge in [-0.15, -0.1) is 0 Å². The first-order valence-electron chi connectivity index (χ1n) is 11.0. The molecule has 6 heteroatoms. The first-order valence-corrected chi connectivity index (χ1v) is 11.0. The second-order valence-corrected chi connectivity index (χ2v) is 8.32. The summed E-state index contributed by atoms with van der Waals surface area (Å²) >= 11 is 0. The summed E-state index contributed by atoms with van der Waals surface area (Å²) in [6, 6.07) is 7.59. The molecule has 1 saturated carbocycles. The summed E-state index contributed by atoms with van der Waals surface area (Å²) in [5, 5.41) is 0. The number of benzene rings is 2. The van der Waals surface area contributed by atoms with Crippen molar-refractivity contribution < 1.29 is 27.0 Å². The number of alkyl halides is 2. The maximum atomic E-state index is 14.8. The summed E-state index contributed by atoms with van der Waals surface area (Å²) in [4.78, 5) is 0. The maximum Gasteiger partial charge on any atom is 0.429 e. The molecule has 1 aliphatic carbocycles. The minimum absolute atomic E-state index is 0.0919. The molecule has 0 bridgehead atoms.